The van der Waals surface area contributed by atoms with E-state index in [-0.39, 0.29) is 0 Å². The van der Waals surface area contributed by atoms with Gasteiger partial charge in [0.05, 0.1) is 19.8 Å². The highest BCUT2D eigenvalue weighted by molar-refractivity contribution is 4.76. The van der Waals surface area contributed by atoms with E-state index in [0.717, 1.165) is 13.2 Å². The molecule has 4 heteroatoms. The van der Waals surface area contributed by atoms with Crippen LogP contribution < -0.4 is 5.32 Å². The maximum Gasteiger partial charge on any atom is 0.0700 e. The quantitative estimate of drug-likeness (QED) is 0.623. The molecule has 1 heterocycles. The van der Waals surface area contributed by atoms with Crippen LogP contribution in [0.25, 0.3) is 0 Å². The molecule has 1 fully saturated rings. The van der Waals surface area contributed by atoms with E-state index in [2.05, 4.69) is 17.1 Å². The molecule has 0 bridgehead atoms. The third-order valence-electron chi connectivity index (χ3n) is 3.15. The fourth-order valence-corrected chi connectivity index (χ4v) is 2.03. The highest BCUT2D eigenvalue weighted by Gasteiger charge is 2.16. The summed E-state index contributed by atoms with van der Waals surface area (Å²) in [5.74, 6) is 0. The van der Waals surface area contributed by atoms with Crippen molar-refractivity contribution in [2.75, 3.05) is 53.1 Å². The van der Waals surface area contributed by atoms with Crippen molar-refractivity contribution in [3.63, 3.8) is 0 Å². The van der Waals surface area contributed by atoms with Crippen molar-refractivity contribution >= 4 is 0 Å². The molecular formula is C12H26N2O2. The normalized spacial score (nSPS) is 19.1. The number of hydrogen-bond donors (Lipinski definition) is 1. The van der Waals surface area contributed by atoms with Crippen molar-refractivity contribution in [2.24, 2.45) is 0 Å². The Bertz CT molecular complexity index is 159. The van der Waals surface area contributed by atoms with E-state index in [1.165, 1.54) is 32.5 Å². The summed E-state index contributed by atoms with van der Waals surface area (Å²) < 4.78 is 10.3. The zero-order valence-corrected chi connectivity index (χ0v) is 10.7. The molecule has 0 saturated carbocycles. The first-order chi connectivity index (χ1) is 7.86. The maximum absolute atomic E-state index is 5.41. The van der Waals surface area contributed by atoms with E-state index in [4.69, 9.17) is 9.47 Å². The average Bonchev–Trinajstić information content (AvgIpc) is 2.34. The number of rotatable bonds is 8. The molecule has 16 heavy (non-hydrogen) atoms. The molecule has 1 aliphatic rings. The van der Waals surface area contributed by atoms with Crippen molar-refractivity contribution in [3.05, 3.63) is 0 Å². The third-order valence-corrected chi connectivity index (χ3v) is 3.15. The van der Waals surface area contributed by atoms with Gasteiger partial charge >= 0.3 is 0 Å². The van der Waals surface area contributed by atoms with Crippen LogP contribution in [0.3, 0.4) is 0 Å². The van der Waals surface area contributed by atoms with Gasteiger partial charge in [0.15, 0.2) is 0 Å². The Balaban J connectivity index is 1.90. The minimum absolute atomic E-state index is 0.689. The van der Waals surface area contributed by atoms with Gasteiger partial charge in [-0.2, -0.15) is 0 Å². The second kappa shape index (κ2) is 8.93. The number of methoxy groups -OCH3 is 1. The summed E-state index contributed by atoms with van der Waals surface area (Å²) in [4.78, 5) is 2.51. The van der Waals surface area contributed by atoms with E-state index < -0.39 is 0 Å². The molecule has 0 aromatic heterocycles. The van der Waals surface area contributed by atoms with Crippen LogP contribution in [0.2, 0.25) is 0 Å². The summed E-state index contributed by atoms with van der Waals surface area (Å²) in [5.41, 5.74) is 0. The predicted octanol–water partition coefficient (Wildman–Crippen LogP) is 0.723. The topological polar surface area (TPSA) is 33.7 Å². The summed E-state index contributed by atoms with van der Waals surface area (Å²) >= 11 is 0. The molecule has 1 aliphatic heterocycles. The number of ether oxygens (including phenoxy) is 2. The van der Waals surface area contributed by atoms with E-state index >= 15 is 0 Å². The van der Waals surface area contributed by atoms with Gasteiger partial charge in [-0.25, -0.2) is 0 Å². The van der Waals surface area contributed by atoms with Crippen molar-refractivity contribution < 1.29 is 9.47 Å². The summed E-state index contributed by atoms with van der Waals surface area (Å²) in [6.07, 6.45) is 2.54. The number of piperidine rings is 1. The van der Waals surface area contributed by atoms with Gasteiger partial charge in [0.1, 0.15) is 0 Å². The smallest absolute Gasteiger partial charge is 0.0700 e. The lowest BCUT2D eigenvalue weighted by molar-refractivity contribution is 0.0698. The summed E-state index contributed by atoms with van der Waals surface area (Å²) in [6, 6.07) is 0.689. The van der Waals surface area contributed by atoms with Crippen LogP contribution in [0.1, 0.15) is 19.8 Å². The number of nitrogens with one attached hydrogen (secondary N) is 1. The maximum atomic E-state index is 5.41. The van der Waals surface area contributed by atoms with Crippen LogP contribution in [-0.2, 0) is 9.47 Å². The zero-order chi connectivity index (χ0) is 11.6. The van der Waals surface area contributed by atoms with Crippen LogP contribution in [0.15, 0.2) is 0 Å². The fraction of sp³-hybridized carbons (Fsp3) is 1.00. The minimum atomic E-state index is 0.689. The zero-order valence-electron chi connectivity index (χ0n) is 10.7. The number of nitrogens with zero attached hydrogens (tertiary/aromatic N) is 1. The second-order valence-corrected chi connectivity index (χ2v) is 4.27. The van der Waals surface area contributed by atoms with E-state index in [1.54, 1.807) is 7.11 Å². The molecule has 0 aromatic rings. The Morgan fingerprint density at radius 3 is 2.56 bits per heavy atom. The third kappa shape index (κ3) is 5.80. The Morgan fingerprint density at radius 2 is 1.94 bits per heavy atom. The van der Waals surface area contributed by atoms with Gasteiger partial charge in [0, 0.05) is 19.7 Å². The molecule has 0 amide bonds. The summed E-state index contributed by atoms with van der Waals surface area (Å²) in [7, 11) is 1.70. The van der Waals surface area contributed by atoms with E-state index in [9.17, 15) is 0 Å². The van der Waals surface area contributed by atoms with Crippen molar-refractivity contribution in [3.8, 4) is 0 Å². The first-order valence-electron chi connectivity index (χ1n) is 6.39. The summed E-state index contributed by atoms with van der Waals surface area (Å²) in [5, 5.41) is 3.55. The van der Waals surface area contributed by atoms with Crippen molar-refractivity contribution in [1.82, 2.24) is 10.2 Å². The molecule has 0 aromatic carbocycles. The van der Waals surface area contributed by atoms with Crippen LogP contribution in [-0.4, -0.2) is 64.1 Å². The van der Waals surface area contributed by atoms with Gasteiger partial charge in [-0.1, -0.05) is 6.92 Å². The lowest BCUT2D eigenvalue weighted by atomic mass is 10.1. The van der Waals surface area contributed by atoms with Gasteiger partial charge in [0.2, 0.25) is 0 Å². The molecule has 1 saturated heterocycles. The first-order valence-corrected chi connectivity index (χ1v) is 6.39. The van der Waals surface area contributed by atoms with Crippen LogP contribution in [0.5, 0.6) is 0 Å². The predicted molar refractivity (Wildman–Crippen MR) is 65.8 cm³/mol. The molecule has 96 valence electrons. The molecule has 1 N–H and O–H groups in total. The Hall–Kier alpha value is -0.160. The highest BCUT2D eigenvalue weighted by Crippen LogP contribution is 2.09. The van der Waals surface area contributed by atoms with Gasteiger partial charge in [-0.3, -0.25) is 0 Å². The standard InChI is InChI=1S/C12H26N2O2/c1-3-14-7-4-12(5-8-14)13-6-9-16-11-10-15-2/h12-13H,3-11H2,1-2H3. The molecule has 4 nitrogen and oxygen atoms in total. The van der Waals surface area contributed by atoms with Gasteiger partial charge in [0.25, 0.3) is 0 Å². The molecule has 0 radical (unpaired) electrons. The Kier molecular flexibility index (Phi) is 7.76. The minimum Gasteiger partial charge on any atom is -0.382 e. The van der Waals surface area contributed by atoms with E-state index in [1.807, 2.05) is 0 Å². The van der Waals surface area contributed by atoms with Gasteiger partial charge < -0.3 is 19.7 Å². The SMILES string of the molecule is CCN1CCC(NCCOCCOC)CC1. The Labute approximate surface area is 99.3 Å². The monoisotopic (exact) mass is 230 g/mol. The lowest BCUT2D eigenvalue weighted by Gasteiger charge is -2.31. The van der Waals surface area contributed by atoms with Crippen LogP contribution >= 0.6 is 0 Å². The van der Waals surface area contributed by atoms with E-state index in [0.29, 0.717) is 19.3 Å². The van der Waals surface area contributed by atoms with Crippen molar-refractivity contribution in [1.29, 1.82) is 0 Å². The Morgan fingerprint density at radius 1 is 1.19 bits per heavy atom. The van der Waals surface area contributed by atoms with Crippen LogP contribution in [0, 0.1) is 0 Å². The van der Waals surface area contributed by atoms with Gasteiger partial charge in [-0.05, 0) is 32.5 Å². The molecule has 0 aliphatic carbocycles. The molecular weight excluding hydrogens is 204 g/mol. The second-order valence-electron chi connectivity index (χ2n) is 4.27. The first kappa shape index (κ1) is 13.9. The largest absolute Gasteiger partial charge is 0.382 e. The molecule has 0 unspecified atom stereocenters. The molecule has 0 spiro atoms. The van der Waals surface area contributed by atoms with Gasteiger partial charge in [-0.15, -0.1) is 0 Å². The molecule has 0 atom stereocenters. The number of hydrogen-bond acceptors (Lipinski definition) is 4. The summed E-state index contributed by atoms with van der Waals surface area (Å²) in [6.45, 7) is 9.03. The average molecular weight is 230 g/mol. The van der Waals surface area contributed by atoms with Crippen molar-refractivity contribution in [2.45, 2.75) is 25.8 Å². The lowest BCUT2D eigenvalue weighted by Crippen LogP contribution is -2.43. The highest BCUT2D eigenvalue weighted by atomic mass is 16.5. The fourth-order valence-electron chi connectivity index (χ4n) is 2.03. The molecule has 1 rings (SSSR count). The number of likely N-dealkylation sites (tertiary alicyclic amines) is 1. The van der Waals surface area contributed by atoms with Crippen LogP contribution in [0.4, 0.5) is 0 Å².